The highest BCUT2D eigenvalue weighted by molar-refractivity contribution is 5.44. The van der Waals surface area contributed by atoms with E-state index in [-0.39, 0.29) is 0 Å². The summed E-state index contributed by atoms with van der Waals surface area (Å²) in [5.74, 6) is 1.81. The molecule has 0 aliphatic carbocycles. The molecule has 0 unspecified atom stereocenters. The fraction of sp³-hybridized carbons (Fsp3) is 0.143. The molecule has 0 atom stereocenters. The summed E-state index contributed by atoms with van der Waals surface area (Å²) < 4.78 is 1.95. The third-order valence-electron chi connectivity index (χ3n) is 2.97. The molecular formula is C14H15N5. The van der Waals surface area contributed by atoms with E-state index in [0.29, 0.717) is 0 Å². The second-order valence-corrected chi connectivity index (χ2v) is 4.30. The number of nitrogens with one attached hydrogen (secondary N) is 2. The van der Waals surface area contributed by atoms with E-state index in [9.17, 15) is 0 Å². The summed E-state index contributed by atoms with van der Waals surface area (Å²) in [7, 11) is 0. The van der Waals surface area contributed by atoms with E-state index >= 15 is 0 Å². The Kier molecular flexibility index (Phi) is 3.02. The quantitative estimate of drug-likeness (QED) is 0.751. The molecule has 3 aromatic rings. The van der Waals surface area contributed by atoms with E-state index in [1.807, 2.05) is 54.3 Å². The second-order valence-electron chi connectivity index (χ2n) is 4.30. The Morgan fingerprint density at radius 2 is 2.21 bits per heavy atom. The van der Waals surface area contributed by atoms with E-state index in [2.05, 4.69) is 20.3 Å². The maximum absolute atomic E-state index is 4.43. The molecule has 0 fully saturated rings. The molecule has 2 N–H and O–H groups in total. The molecule has 0 aliphatic heterocycles. The molecule has 0 saturated heterocycles. The first kappa shape index (κ1) is 11.5. The van der Waals surface area contributed by atoms with E-state index < -0.39 is 0 Å². The van der Waals surface area contributed by atoms with Gasteiger partial charge < -0.3 is 10.3 Å². The number of hydrogen-bond acceptors (Lipinski definition) is 3. The fourth-order valence-corrected chi connectivity index (χ4v) is 1.93. The zero-order chi connectivity index (χ0) is 13.1. The molecule has 3 aromatic heterocycles. The van der Waals surface area contributed by atoms with Crippen LogP contribution in [0.5, 0.6) is 0 Å². The van der Waals surface area contributed by atoms with Gasteiger partial charge in [-0.1, -0.05) is 0 Å². The lowest BCUT2D eigenvalue weighted by Gasteiger charge is -2.07. The number of nitrogens with zero attached hydrogens (tertiary/aromatic N) is 3. The molecule has 0 bridgehead atoms. The topological polar surface area (TPSA) is 58.5 Å². The predicted octanol–water partition coefficient (Wildman–Crippen LogP) is 2.52. The maximum Gasteiger partial charge on any atom is 0.138 e. The Balaban J connectivity index is 1.71. The van der Waals surface area contributed by atoms with Gasteiger partial charge in [-0.15, -0.1) is 0 Å². The van der Waals surface area contributed by atoms with Gasteiger partial charge in [0.15, 0.2) is 0 Å². The average Bonchev–Trinajstić information content (AvgIpc) is 3.08. The Morgan fingerprint density at radius 1 is 1.26 bits per heavy atom. The Hall–Kier alpha value is -2.56. The van der Waals surface area contributed by atoms with Crippen LogP contribution in [0.4, 0.5) is 5.69 Å². The standard InChI is InChI=1S/C14H15N5/c1-11-15-7-8-19(11)14-5-4-13(10-18-14)17-9-12-3-2-6-16-12/h2-8,10,16-17H,9H2,1H3. The average molecular weight is 253 g/mol. The molecule has 0 aliphatic rings. The lowest BCUT2D eigenvalue weighted by molar-refractivity contribution is 0.931. The molecule has 0 amide bonds. The summed E-state index contributed by atoms with van der Waals surface area (Å²) in [6.45, 7) is 2.72. The Labute approximate surface area is 111 Å². The smallest absolute Gasteiger partial charge is 0.138 e. The van der Waals surface area contributed by atoms with Gasteiger partial charge in [-0.05, 0) is 31.2 Å². The van der Waals surface area contributed by atoms with E-state index in [1.165, 1.54) is 0 Å². The number of pyridine rings is 1. The van der Waals surface area contributed by atoms with Gasteiger partial charge in [0.25, 0.3) is 0 Å². The van der Waals surface area contributed by atoms with Gasteiger partial charge in [0, 0.05) is 24.3 Å². The summed E-state index contributed by atoms with van der Waals surface area (Å²) in [5.41, 5.74) is 2.14. The van der Waals surface area contributed by atoms with Crippen molar-refractivity contribution < 1.29 is 0 Å². The number of aromatic nitrogens is 4. The third-order valence-corrected chi connectivity index (χ3v) is 2.97. The lowest BCUT2D eigenvalue weighted by atomic mass is 10.3. The van der Waals surface area contributed by atoms with Gasteiger partial charge in [0.2, 0.25) is 0 Å². The highest BCUT2D eigenvalue weighted by Gasteiger charge is 2.01. The van der Waals surface area contributed by atoms with E-state index in [0.717, 1.165) is 29.6 Å². The molecule has 0 saturated carbocycles. The first-order chi connectivity index (χ1) is 9.33. The van der Waals surface area contributed by atoms with Crippen LogP contribution in [-0.4, -0.2) is 19.5 Å². The molecule has 3 rings (SSSR count). The number of imidazole rings is 1. The van der Waals surface area contributed by atoms with Crippen LogP contribution in [0, 0.1) is 6.92 Å². The first-order valence-corrected chi connectivity index (χ1v) is 6.15. The van der Waals surface area contributed by atoms with Crippen molar-refractivity contribution in [1.82, 2.24) is 19.5 Å². The SMILES string of the molecule is Cc1nccn1-c1ccc(NCc2ccc[nH]2)cn1. The summed E-state index contributed by atoms with van der Waals surface area (Å²) in [6, 6.07) is 8.03. The maximum atomic E-state index is 4.43. The second kappa shape index (κ2) is 4.97. The van der Waals surface area contributed by atoms with Crippen LogP contribution in [0.25, 0.3) is 5.82 Å². The van der Waals surface area contributed by atoms with Crippen molar-refractivity contribution in [2.75, 3.05) is 5.32 Å². The van der Waals surface area contributed by atoms with Crippen LogP contribution < -0.4 is 5.32 Å². The van der Waals surface area contributed by atoms with Crippen LogP contribution in [0.2, 0.25) is 0 Å². The van der Waals surface area contributed by atoms with Gasteiger partial charge >= 0.3 is 0 Å². The molecule has 0 spiro atoms. The lowest BCUT2D eigenvalue weighted by Crippen LogP contribution is -2.02. The van der Waals surface area contributed by atoms with Gasteiger partial charge in [0.1, 0.15) is 11.6 Å². The van der Waals surface area contributed by atoms with E-state index in [1.54, 1.807) is 6.20 Å². The minimum atomic E-state index is 0.762. The molecule has 5 nitrogen and oxygen atoms in total. The van der Waals surface area contributed by atoms with Crippen molar-refractivity contribution in [2.24, 2.45) is 0 Å². The minimum absolute atomic E-state index is 0.762. The Morgan fingerprint density at radius 3 is 2.84 bits per heavy atom. The summed E-state index contributed by atoms with van der Waals surface area (Å²) in [4.78, 5) is 11.8. The van der Waals surface area contributed by atoms with Crippen molar-refractivity contribution in [2.45, 2.75) is 13.5 Å². The normalized spacial score (nSPS) is 10.6. The zero-order valence-electron chi connectivity index (χ0n) is 10.7. The number of H-pyrrole nitrogens is 1. The number of anilines is 1. The van der Waals surface area contributed by atoms with Crippen LogP contribution in [0.1, 0.15) is 11.5 Å². The number of aryl methyl sites for hydroxylation is 1. The molecule has 5 heteroatoms. The third kappa shape index (κ3) is 2.49. The molecular weight excluding hydrogens is 238 g/mol. The highest BCUT2D eigenvalue weighted by Crippen LogP contribution is 2.12. The van der Waals surface area contributed by atoms with Crippen LogP contribution >= 0.6 is 0 Å². The van der Waals surface area contributed by atoms with Crippen LogP contribution in [-0.2, 0) is 6.54 Å². The molecule has 3 heterocycles. The summed E-state index contributed by atoms with van der Waals surface area (Å²) in [6.07, 6.45) is 7.43. The first-order valence-electron chi connectivity index (χ1n) is 6.15. The number of aromatic amines is 1. The van der Waals surface area contributed by atoms with Gasteiger partial charge in [-0.3, -0.25) is 4.57 Å². The van der Waals surface area contributed by atoms with Crippen LogP contribution in [0.3, 0.4) is 0 Å². The molecule has 0 aromatic carbocycles. The summed E-state index contributed by atoms with van der Waals surface area (Å²) >= 11 is 0. The minimum Gasteiger partial charge on any atom is -0.378 e. The molecule has 0 radical (unpaired) electrons. The highest BCUT2D eigenvalue weighted by atomic mass is 15.1. The predicted molar refractivity (Wildman–Crippen MR) is 74.2 cm³/mol. The van der Waals surface area contributed by atoms with Gasteiger partial charge in [0.05, 0.1) is 18.4 Å². The summed E-state index contributed by atoms with van der Waals surface area (Å²) in [5, 5.41) is 3.32. The van der Waals surface area contributed by atoms with Crippen molar-refractivity contribution in [3.63, 3.8) is 0 Å². The van der Waals surface area contributed by atoms with E-state index in [4.69, 9.17) is 0 Å². The number of rotatable bonds is 4. The zero-order valence-corrected chi connectivity index (χ0v) is 10.7. The van der Waals surface area contributed by atoms with Crippen molar-refractivity contribution >= 4 is 5.69 Å². The van der Waals surface area contributed by atoms with Crippen molar-refractivity contribution in [1.29, 1.82) is 0 Å². The number of hydrogen-bond donors (Lipinski definition) is 2. The Bertz CT molecular complexity index is 637. The largest absolute Gasteiger partial charge is 0.378 e. The monoisotopic (exact) mass is 253 g/mol. The van der Waals surface area contributed by atoms with Crippen molar-refractivity contribution in [3.8, 4) is 5.82 Å². The molecule has 19 heavy (non-hydrogen) atoms. The molecule has 96 valence electrons. The van der Waals surface area contributed by atoms with Gasteiger partial charge in [-0.25, -0.2) is 9.97 Å². The van der Waals surface area contributed by atoms with Gasteiger partial charge in [-0.2, -0.15) is 0 Å². The van der Waals surface area contributed by atoms with Crippen LogP contribution in [0.15, 0.2) is 49.1 Å². The van der Waals surface area contributed by atoms with Crippen molar-refractivity contribution in [3.05, 3.63) is 60.6 Å². The fourth-order valence-electron chi connectivity index (χ4n) is 1.93.